The van der Waals surface area contributed by atoms with Crippen LogP contribution < -0.4 is 4.90 Å². The second kappa shape index (κ2) is 6.34. The molecule has 1 fully saturated rings. The Bertz CT molecular complexity index is 902. The first-order valence-corrected chi connectivity index (χ1v) is 8.76. The largest absolute Gasteiger partial charge is 0.418 e. The monoisotopic (exact) mass is 359 g/mol. The molecule has 3 nitrogen and oxygen atoms in total. The molecule has 0 aliphatic carbocycles. The van der Waals surface area contributed by atoms with Crippen LogP contribution in [0.5, 0.6) is 0 Å². The molecule has 6 heteroatoms. The molecule has 0 unspecified atom stereocenters. The van der Waals surface area contributed by atoms with Gasteiger partial charge < -0.3 is 9.47 Å². The Morgan fingerprint density at radius 3 is 2.54 bits per heavy atom. The topological polar surface area (TPSA) is 21.1 Å². The first kappa shape index (κ1) is 16.9. The molecular weight excluding hydrogens is 339 g/mol. The number of nitrogens with zero attached hydrogens (tertiary/aromatic N) is 3. The van der Waals surface area contributed by atoms with Crippen molar-refractivity contribution in [3.63, 3.8) is 0 Å². The third-order valence-electron chi connectivity index (χ3n) is 5.08. The Morgan fingerprint density at radius 1 is 1.04 bits per heavy atom. The van der Waals surface area contributed by atoms with Gasteiger partial charge in [0.05, 0.1) is 17.1 Å². The van der Waals surface area contributed by atoms with Gasteiger partial charge in [-0.2, -0.15) is 13.2 Å². The number of pyridine rings is 1. The highest BCUT2D eigenvalue weighted by Gasteiger charge is 2.34. The minimum absolute atomic E-state index is 0.0215. The Morgan fingerprint density at radius 2 is 1.81 bits per heavy atom. The van der Waals surface area contributed by atoms with Crippen molar-refractivity contribution in [2.75, 3.05) is 18.0 Å². The third kappa shape index (κ3) is 3.04. The van der Waals surface area contributed by atoms with Crippen molar-refractivity contribution in [3.8, 4) is 0 Å². The maximum Gasteiger partial charge on any atom is 0.418 e. The second-order valence-corrected chi connectivity index (χ2v) is 7.06. The molecule has 3 heterocycles. The van der Waals surface area contributed by atoms with E-state index in [1.165, 1.54) is 6.20 Å². The van der Waals surface area contributed by atoms with Crippen LogP contribution in [0.15, 0.2) is 55.0 Å². The van der Waals surface area contributed by atoms with Crippen molar-refractivity contribution >= 4 is 16.6 Å². The van der Waals surface area contributed by atoms with Gasteiger partial charge >= 0.3 is 6.18 Å². The van der Waals surface area contributed by atoms with Gasteiger partial charge in [0.2, 0.25) is 0 Å². The highest BCUT2D eigenvalue weighted by Crippen LogP contribution is 2.39. The van der Waals surface area contributed by atoms with Crippen LogP contribution in [0, 0.1) is 5.92 Å². The number of rotatable bonds is 2. The lowest BCUT2D eigenvalue weighted by Gasteiger charge is -2.39. The Kier molecular flexibility index (Phi) is 4.13. The van der Waals surface area contributed by atoms with Crippen LogP contribution in [0.3, 0.4) is 0 Å². The molecule has 2 atom stereocenters. The van der Waals surface area contributed by atoms with Crippen molar-refractivity contribution in [1.29, 1.82) is 0 Å². The smallest absolute Gasteiger partial charge is 0.369 e. The summed E-state index contributed by atoms with van der Waals surface area (Å²) in [4.78, 5) is 6.24. The van der Waals surface area contributed by atoms with Crippen molar-refractivity contribution in [2.24, 2.45) is 5.92 Å². The van der Waals surface area contributed by atoms with E-state index in [0.29, 0.717) is 17.3 Å². The standard InChI is InChI=1S/C20H20F3N3/c1-14-11-15(25-9-2-3-10-25)13-26(12-14)18-7-6-17(20(21,22)23)19-16(18)5-4-8-24-19/h2-10,14-15H,11-13H2,1H3/t14-,15+/m0/s1. The number of aromatic nitrogens is 2. The van der Waals surface area contributed by atoms with Gasteiger partial charge in [-0.1, -0.05) is 6.92 Å². The van der Waals surface area contributed by atoms with Gasteiger partial charge in [0.25, 0.3) is 0 Å². The highest BCUT2D eigenvalue weighted by atomic mass is 19.4. The summed E-state index contributed by atoms with van der Waals surface area (Å²) >= 11 is 0. The van der Waals surface area contributed by atoms with Crippen LogP contribution in [0.2, 0.25) is 0 Å². The maximum absolute atomic E-state index is 13.3. The summed E-state index contributed by atoms with van der Waals surface area (Å²) in [5.74, 6) is 0.449. The van der Waals surface area contributed by atoms with E-state index in [9.17, 15) is 13.2 Å². The lowest BCUT2D eigenvalue weighted by atomic mass is 9.94. The number of benzene rings is 1. The maximum atomic E-state index is 13.3. The average Bonchev–Trinajstić information content (AvgIpc) is 3.14. The zero-order valence-electron chi connectivity index (χ0n) is 14.4. The minimum Gasteiger partial charge on any atom is -0.369 e. The molecule has 1 aliphatic heterocycles. The molecule has 0 amide bonds. The Hall–Kier alpha value is -2.50. The summed E-state index contributed by atoms with van der Waals surface area (Å²) in [5.41, 5.74) is 0.168. The quantitative estimate of drug-likeness (QED) is 0.631. The number of piperidine rings is 1. The van der Waals surface area contributed by atoms with Crippen LogP contribution in [0.1, 0.15) is 24.9 Å². The fourth-order valence-corrected chi connectivity index (χ4v) is 3.98. The zero-order valence-corrected chi connectivity index (χ0v) is 14.4. The molecule has 0 N–H and O–H groups in total. The van der Waals surface area contributed by atoms with Gasteiger partial charge in [0.1, 0.15) is 0 Å². The van der Waals surface area contributed by atoms with E-state index in [1.807, 2.05) is 24.5 Å². The van der Waals surface area contributed by atoms with E-state index >= 15 is 0 Å². The number of hydrogen-bond donors (Lipinski definition) is 0. The van der Waals surface area contributed by atoms with Crippen LogP contribution in [-0.4, -0.2) is 22.6 Å². The molecule has 1 saturated heterocycles. The molecule has 0 saturated carbocycles. The summed E-state index contributed by atoms with van der Waals surface area (Å²) in [7, 11) is 0. The fraction of sp³-hybridized carbons (Fsp3) is 0.350. The lowest BCUT2D eigenvalue weighted by Crippen LogP contribution is -2.40. The van der Waals surface area contributed by atoms with Gasteiger partial charge in [-0.15, -0.1) is 0 Å². The van der Waals surface area contributed by atoms with Crippen molar-refractivity contribution in [2.45, 2.75) is 25.6 Å². The van der Waals surface area contributed by atoms with E-state index in [1.54, 1.807) is 18.2 Å². The van der Waals surface area contributed by atoms with Gasteiger partial charge in [-0.25, -0.2) is 0 Å². The average molecular weight is 359 g/mol. The van der Waals surface area contributed by atoms with E-state index in [0.717, 1.165) is 31.3 Å². The summed E-state index contributed by atoms with van der Waals surface area (Å²) in [5, 5.41) is 0.558. The first-order chi connectivity index (χ1) is 12.4. The predicted octanol–water partition coefficient (Wildman–Crippen LogP) is 5.14. The molecular formula is C20H20F3N3. The van der Waals surface area contributed by atoms with E-state index < -0.39 is 11.7 Å². The van der Waals surface area contributed by atoms with E-state index in [2.05, 4.69) is 21.4 Å². The third-order valence-corrected chi connectivity index (χ3v) is 5.08. The molecule has 4 rings (SSSR count). The molecule has 26 heavy (non-hydrogen) atoms. The number of fused-ring (bicyclic) bond motifs is 1. The lowest BCUT2D eigenvalue weighted by molar-refractivity contribution is -0.136. The normalized spacial score (nSPS) is 21.3. The Labute approximate surface area is 150 Å². The molecule has 0 bridgehead atoms. The predicted molar refractivity (Wildman–Crippen MR) is 96.2 cm³/mol. The Balaban J connectivity index is 1.77. The van der Waals surface area contributed by atoms with Crippen molar-refractivity contribution < 1.29 is 13.2 Å². The summed E-state index contributed by atoms with van der Waals surface area (Å²) in [6.45, 7) is 3.79. The number of halogens is 3. The zero-order chi connectivity index (χ0) is 18.3. The summed E-state index contributed by atoms with van der Waals surface area (Å²) in [6, 6.07) is 10.5. The number of alkyl halides is 3. The molecule has 0 spiro atoms. The van der Waals surface area contributed by atoms with Gasteiger partial charge in [0, 0.05) is 42.8 Å². The second-order valence-electron chi connectivity index (χ2n) is 7.06. The van der Waals surface area contributed by atoms with Gasteiger partial charge in [-0.3, -0.25) is 4.98 Å². The fourth-order valence-electron chi connectivity index (χ4n) is 3.98. The van der Waals surface area contributed by atoms with E-state index in [4.69, 9.17) is 0 Å². The number of hydrogen-bond acceptors (Lipinski definition) is 2. The summed E-state index contributed by atoms with van der Waals surface area (Å²) < 4.78 is 42.2. The van der Waals surface area contributed by atoms with E-state index in [-0.39, 0.29) is 5.52 Å². The van der Waals surface area contributed by atoms with Crippen molar-refractivity contribution in [3.05, 3.63) is 60.6 Å². The minimum atomic E-state index is -4.41. The molecule has 0 radical (unpaired) electrons. The van der Waals surface area contributed by atoms with Crippen molar-refractivity contribution in [1.82, 2.24) is 9.55 Å². The van der Waals surface area contributed by atoms with Crippen LogP contribution in [-0.2, 0) is 6.18 Å². The SMILES string of the molecule is C[C@H]1C[C@@H](n2cccc2)CN(c2ccc(C(F)(F)F)c3ncccc23)C1. The molecule has 2 aromatic heterocycles. The molecule has 1 aromatic carbocycles. The first-order valence-electron chi connectivity index (χ1n) is 8.76. The molecule has 3 aromatic rings. The number of anilines is 1. The van der Waals surface area contributed by atoms with Crippen LogP contribution in [0.25, 0.3) is 10.9 Å². The van der Waals surface area contributed by atoms with Crippen LogP contribution in [0.4, 0.5) is 18.9 Å². The highest BCUT2D eigenvalue weighted by molar-refractivity contribution is 5.94. The van der Waals surface area contributed by atoms with Gasteiger partial charge in [0.15, 0.2) is 0 Å². The summed E-state index contributed by atoms with van der Waals surface area (Å²) in [6.07, 6.45) is 2.17. The van der Waals surface area contributed by atoms with Gasteiger partial charge in [-0.05, 0) is 48.7 Å². The molecule has 136 valence electrons. The van der Waals surface area contributed by atoms with Crippen LogP contribution >= 0.6 is 0 Å². The molecule has 1 aliphatic rings.